The Bertz CT molecular complexity index is 388. The van der Waals surface area contributed by atoms with Gasteiger partial charge in [0.15, 0.2) is 0 Å². The summed E-state index contributed by atoms with van der Waals surface area (Å²) in [6.07, 6.45) is 1.03. The lowest BCUT2D eigenvalue weighted by molar-refractivity contribution is 0.598. The Morgan fingerprint density at radius 3 is 2.53 bits per heavy atom. The number of rotatable bonds is 2. The highest BCUT2D eigenvalue weighted by Gasteiger charge is 1.99. The Morgan fingerprint density at radius 1 is 1.27 bits per heavy atom. The van der Waals surface area contributed by atoms with E-state index in [4.69, 9.17) is 11.5 Å². The fourth-order valence-corrected chi connectivity index (χ4v) is 0.771. The van der Waals surface area contributed by atoms with Crippen LogP contribution in [0.25, 0.3) is 0 Å². The summed E-state index contributed by atoms with van der Waals surface area (Å²) in [6.45, 7) is 0. The van der Waals surface area contributed by atoms with E-state index in [0.29, 0.717) is 0 Å². The maximum atomic E-state index is 12.9. The van der Waals surface area contributed by atoms with Gasteiger partial charge in [-0.25, -0.2) is 8.78 Å². The largest absolute Gasteiger partial charge is 0.369 e. The molecule has 1 rings (SSSR count). The van der Waals surface area contributed by atoms with Crippen LogP contribution in [0.4, 0.5) is 8.78 Å². The highest BCUT2D eigenvalue weighted by molar-refractivity contribution is 5.85. The number of halogens is 3. The molecular formula is C8H9ClF2N4. The van der Waals surface area contributed by atoms with Gasteiger partial charge in [-0.3, -0.25) is 0 Å². The van der Waals surface area contributed by atoms with E-state index in [9.17, 15) is 8.78 Å². The van der Waals surface area contributed by atoms with Gasteiger partial charge in [-0.15, -0.1) is 17.5 Å². The molecule has 4 N–H and O–H groups in total. The molecule has 0 spiro atoms. The Balaban J connectivity index is 0.00000196. The van der Waals surface area contributed by atoms with Crippen molar-refractivity contribution in [3.63, 3.8) is 0 Å². The van der Waals surface area contributed by atoms with Crippen molar-refractivity contribution < 1.29 is 8.78 Å². The molecule has 1 aromatic carbocycles. The van der Waals surface area contributed by atoms with Crippen LogP contribution in [0.3, 0.4) is 0 Å². The van der Waals surface area contributed by atoms with E-state index in [2.05, 4.69) is 10.2 Å². The van der Waals surface area contributed by atoms with Gasteiger partial charge in [0, 0.05) is 5.56 Å². The second-order valence-corrected chi connectivity index (χ2v) is 2.44. The van der Waals surface area contributed by atoms with E-state index in [1.165, 1.54) is 0 Å². The smallest absolute Gasteiger partial charge is 0.211 e. The van der Waals surface area contributed by atoms with Gasteiger partial charge in [0.05, 0.1) is 6.21 Å². The van der Waals surface area contributed by atoms with Crippen molar-refractivity contribution in [2.45, 2.75) is 0 Å². The van der Waals surface area contributed by atoms with Crippen LogP contribution >= 0.6 is 12.4 Å². The van der Waals surface area contributed by atoms with Crippen LogP contribution in [-0.4, -0.2) is 12.2 Å². The topological polar surface area (TPSA) is 76.8 Å². The second-order valence-electron chi connectivity index (χ2n) is 2.44. The molecule has 0 amide bonds. The van der Waals surface area contributed by atoms with Crippen LogP contribution in [0.5, 0.6) is 0 Å². The summed E-state index contributed by atoms with van der Waals surface area (Å²) in [6, 6.07) is 2.99. The molecule has 0 saturated heterocycles. The maximum Gasteiger partial charge on any atom is 0.211 e. The molecule has 0 atom stereocenters. The lowest BCUT2D eigenvalue weighted by atomic mass is 10.2. The normalized spacial score (nSPS) is 9.73. The third-order valence-corrected chi connectivity index (χ3v) is 1.33. The first-order valence-corrected chi connectivity index (χ1v) is 3.66. The monoisotopic (exact) mass is 234 g/mol. The molecule has 0 aliphatic heterocycles. The van der Waals surface area contributed by atoms with Crippen LogP contribution in [0.2, 0.25) is 0 Å². The van der Waals surface area contributed by atoms with Crippen LogP contribution in [0.15, 0.2) is 28.4 Å². The van der Waals surface area contributed by atoms with E-state index < -0.39 is 11.6 Å². The zero-order valence-electron chi connectivity index (χ0n) is 7.52. The van der Waals surface area contributed by atoms with E-state index in [-0.39, 0.29) is 23.9 Å². The minimum atomic E-state index is -0.596. The first-order chi connectivity index (χ1) is 6.59. The molecule has 0 aliphatic carbocycles. The zero-order chi connectivity index (χ0) is 10.6. The third kappa shape index (κ3) is 4.37. The minimum Gasteiger partial charge on any atom is -0.369 e. The molecule has 1 aromatic rings. The van der Waals surface area contributed by atoms with Gasteiger partial charge in [0.25, 0.3) is 0 Å². The predicted octanol–water partition coefficient (Wildman–Crippen LogP) is 0.994. The predicted molar refractivity (Wildman–Crippen MR) is 57.0 cm³/mol. The number of nitrogens with zero attached hydrogens (tertiary/aromatic N) is 2. The number of guanidine groups is 1. The lowest BCUT2D eigenvalue weighted by Gasteiger charge is -1.94. The van der Waals surface area contributed by atoms with Crippen LogP contribution in [0.1, 0.15) is 5.56 Å². The van der Waals surface area contributed by atoms with E-state index in [0.717, 1.165) is 24.4 Å². The SMILES string of the molecule is Cl.NC(N)=NN=Cc1cc(F)ccc1F. The number of nitrogens with two attached hydrogens (primary N) is 2. The standard InChI is InChI=1S/C8H8F2N4.ClH/c9-6-1-2-7(10)5(3-6)4-13-14-8(11)12;/h1-4H,(H4,11,12,14);1H. The van der Waals surface area contributed by atoms with Gasteiger partial charge in [0.2, 0.25) is 5.96 Å². The average molecular weight is 235 g/mol. The molecule has 0 heterocycles. The van der Waals surface area contributed by atoms with Gasteiger partial charge in [-0.05, 0) is 18.2 Å². The molecule has 0 radical (unpaired) electrons. The summed E-state index contributed by atoms with van der Waals surface area (Å²) in [5, 5.41) is 6.59. The average Bonchev–Trinajstić information content (AvgIpc) is 2.10. The Hall–Kier alpha value is -1.69. The lowest BCUT2D eigenvalue weighted by Crippen LogP contribution is -2.21. The summed E-state index contributed by atoms with van der Waals surface area (Å²) in [4.78, 5) is 0. The number of benzene rings is 1. The Kier molecular flexibility index (Phi) is 5.25. The summed E-state index contributed by atoms with van der Waals surface area (Å²) in [7, 11) is 0. The van der Waals surface area contributed by atoms with E-state index in [1.807, 2.05) is 0 Å². The maximum absolute atomic E-state index is 12.9. The summed E-state index contributed by atoms with van der Waals surface area (Å²) in [5.41, 5.74) is 9.92. The van der Waals surface area contributed by atoms with Crippen LogP contribution in [0, 0.1) is 11.6 Å². The van der Waals surface area contributed by atoms with Gasteiger partial charge in [-0.1, -0.05) is 0 Å². The molecule has 0 aliphatic rings. The van der Waals surface area contributed by atoms with Crippen LogP contribution in [-0.2, 0) is 0 Å². The van der Waals surface area contributed by atoms with Crippen molar-refractivity contribution in [2.24, 2.45) is 21.7 Å². The van der Waals surface area contributed by atoms with Crippen molar-refractivity contribution in [1.82, 2.24) is 0 Å². The fraction of sp³-hybridized carbons (Fsp3) is 0. The molecule has 4 nitrogen and oxygen atoms in total. The molecule has 0 saturated carbocycles. The Morgan fingerprint density at radius 2 is 1.93 bits per heavy atom. The van der Waals surface area contributed by atoms with Gasteiger partial charge < -0.3 is 11.5 Å². The fourth-order valence-electron chi connectivity index (χ4n) is 0.771. The van der Waals surface area contributed by atoms with Crippen molar-refractivity contribution in [1.29, 1.82) is 0 Å². The van der Waals surface area contributed by atoms with Crippen molar-refractivity contribution in [3.05, 3.63) is 35.4 Å². The molecular weight excluding hydrogens is 226 g/mol. The second kappa shape index (κ2) is 5.92. The molecule has 0 aromatic heterocycles. The molecule has 0 fully saturated rings. The zero-order valence-corrected chi connectivity index (χ0v) is 8.34. The van der Waals surface area contributed by atoms with Crippen LogP contribution < -0.4 is 11.5 Å². The molecule has 7 heteroatoms. The summed E-state index contributed by atoms with van der Waals surface area (Å²) >= 11 is 0. The molecule has 82 valence electrons. The minimum absolute atomic E-state index is 0. The summed E-state index contributed by atoms with van der Waals surface area (Å²) in [5.74, 6) is -1.41. The highest BCUT2D eigenvalue weighted by atomic mass is 35.5. The number of hydrogen-bond acceptors (Lipinski definition) is 2. The molecule has 0 unspecified atom stereocenters. The Labute approximate surface area is 91.1 Å². The van der Waals surface area contributed by atoms with Gasteiger partial charge in [-0.2, -0.15) is 5.10 Å². The molecule has 0 bridgehead atoms. The number of hydrogen-bond donors (Lipinski definition) is 2. The third-order valence-electron chi connectivity index (χ3n) is 1.33. The van der Waals surface area contributed by atoms with Crippen molar-refractivity contribution >= 4 is 24.6 Å². The molecule has 15 heavy (non-hydrogen) atoms. The summed E-state index contributed by atoms with van der Waals surface area (Å²) < 4.78 is 25.5. The van der Waals surface area contributed by atoms with Gasteiger partial charge >= 0.3 is 0 Å². The highest BCUT2D eigenvalue weighted by Crippen LogP contribution is 2.06. The quantitative estimate of drug-likeness (QED) is 0.455. The van der Waals surface area contributed by atoms with E-state index >= 15 is 0 Å². The van der Waals surface area contributed by atoms with Crippen molar-refractivity contribution in [3.8, 4) is 0 Å². The van der Waals surface area contributed by atoms with Crippen molar-refractivity contribution in [2.75, 3.05) is 0 Å². The first-order valence-electron chi connectivity index (χ1n) is 3.66. The first kappa shape index (κ1) is 13.3. The van der Waals surface area contributed by atoms with Gasteiger partial charge in [0.1, 0.15) is 11.6 Å². The van der Waals surface area contributed by atoms with E-state index in [1.54, 1.807) is 0 Å².